The fourth-order valence-electron chi connectivity index (χ4n) is 7.68. The fourth-order valence-corrected chi connectivity index (χ4v) is 7.68. The molecule has 0 saturated heterocycles. The summed E-state index contributed by atoms with van der Waals surface area (Å²) in [7, 11) is 0. The van der Waals surface area contributed by atoms with Crippen molar-refractivity contribution in [1.82, 2.24) is 0 Å². The number of hydrogen-bond donors (Lipinski definition) is 8. The van der Waals surface area contributed by atoms with Crippen molar-refractivity contribution in [3.63, 3.8) is 0 Å². The third kappa shape index (κ3) is 26.1. The summed E-state index contributed by atoms with van der Waals surface area (Å²) in [6.07, 6.45) is 0. The van der Waals surface area contributed by atoms with Crippen molar-refractivity contribution in [3.8, 4) is 0 Å². The van der Waals surface area contributed by atoms with E-state index >= 15 is 0 Å². The molecule has 93 heavy (non-hydrogen) atoms. The van der Waals surface area contributed by atoms with Crippen molar-refractivity contribution in [2.75, 3.05) is 125 Å². The van der Waals surface area contributed by atoms with Gasteiger partial charge in [-0.2, -0.15) is 0 Å². The number of ether oxygens (including phenoxy) is 8. The van der Waals surface area contributed by atoms with Crippen LogP contribution in [0.3, 0.4) is 0 Å². The van der Waals surface area contributed by atoms with E-state index in [-0.39, 0.29) is 45.0 Å². The Hall–Kier alpha value is -12.4. The van der Waals surface area contributed by atoms with Gasteiger partial charge in [-0.05, 0) is 97.1 Å². The Morgan fingerprint density at radius 3 is 0.538 bits per heavy atom. The van der Waals surface area contributed by atoms with Gasteiger partial charge in [-0.15, -0.1) is 0 Å². The Bertz CT molecular complexity index is 2910. The number of benzene rings is 4. The zero-order valence-electron chi connectivity index (χ0n) is 48.2. The Labute approximate surface area is 522 Å². The lowest BCUT2D eigenvalue weighted by Crippen LogP contribution is -2.45. The topological polar surface area (TPSA) is 522 Å². The predicted octanol–water partition coefficient (Wildman–Crippen LogP) is -0.524. The first-order chi connectivity index (χ1) is 43.9. The molecule has 0 aromatic heterocycles. The Morgan fingerprint density at radius 2 is 0.398 bits per heavy atom. The van der Waals surface area contributed by atoms with Gasteiger partial charge in [-0.3, -0.25) is 38.4 Å². The van der Waals surface area contributed by atoms with E-state index in [4.69, 9.17) is 37.9 Å². The standard InChI is InChI=1S/C57H56N4O32/c62-41(63)17-58(18-42(64)65)37-9-1-33(2-10-37)53(82)86-25-49(78)90-29-57(30-91-50(79)26-87-54(83)34-3-11-38(12-4-34)59(19-43(66)67)20-44(68)69,31-92-51(80)27-88-55(84)35-5-13-39(14-6-35)60(21-45(70)71)22-46(72)73)32-93-52(81)28-89-56(85)36-7-15-40(16-8-36)61(23-47(74)75)24-48(76)77/h1-16H,17-32H2,(H,62,63)(H,64,65)(H,66,67)(H,68,69)(H,70,71)(H,72,73)(H,74,75)(H,76,77). The van der Waals surface area contributed by atoms with Crippen LogP contribution in [0.25, 0.3) is 0 Å². The highest BCUT2D eigenvalue weighted by Gasteiger charge is 2.39. The number of carbonyl (C=O) groups is 16. The number of rotatable bonds is 40. The molecular weight excluding hydrogens is 1250 g/mol. The van der Waals surface area contributed by atoms with Crippen molar-refractivity contribution in [2.24, 2.45) is 5.41 Å². The van der Waals surface area contributed by atoms with E-state index < -0.39 is 206 Å². The van der Waals surface area contributed by atoms with Gasteiger partial charge >= 0.3 is 95.5 Å². The number of nitrogens with zero attached hydrogens (tertiary/aromatic N) is 4. The van der Waals surface area contributed by atoms with E-state index in [2.05, 4.69) is 0 Å². The van der Waals surface area contributed by atoms with Crippen molar-refractivity contribution in [3.05, 3.63) is 119 Å². The van der Waals surface area contributed by atoms with Gasteiger partial charge in [0.2, 0.25) is 0 Å². The van der Waals surface area contributed by atoms with Gasteiger partial charge in [0.15, 0.2) is 26.4 Å². The SMILES string of the molecule is O=C(O)CN(CC(=O)O)c1ccc(C(=O)OCC(=O)OCC(COC(=O)COC(=O)c2ccc(N(CC(=O)O)CC(=O)O)cc2)(COC(=O)COC(=O)c2ccc(N(CC(=O)O)CC(=O)O)cc2)COC(=O)COC(=O)c2ccc(N(CC(=O)O)CC(=O)O)cc2)cc1. The van der Waals surface area contributed by atoms with Crippen LogP contribution in [0, 0.1) is 5.41 Å². The highest BCUT2D eigenvalue weighted by Crippen LogP contribution is 2.24. The van der Waals surface area contributed by atoms with Gasteiger partial charge in [-0.25, -0.2) is 38.4 Å². The number of carboxylic acids is 8. The molecule has 0 saturated carbocycles. The maximum atomic E-state index is 13.3. The number of hydrogen-bond acceptors (Lipinski definition) is 28. The predicted molar refractivity (Wildman–Crippen MR) is 303 cm³/mol. The molecular formula is C57H56N4O32. The fraction of sp³-hybridized carbons (Fsp3) is 0.298. The molecule has 4 aromatic carbocycles. The Balaban J connectivity index is 1.61. The van der Waals surface area contributed by atoms with Crippen LogP contribution in [0.5, 0.6) is 0 Å². The summed E-state index contributed by atoms with van der Waals surface area (Å²) in [5, 5.41) is 73.8. The second kappa shape index (κ2) is 35.6. The molecule has 0 radical (unpaired) electrons. The minimum absolute atomic E-state index is 0.0549. The van der Waals surface area contributed by atoms with E-state index in [1.807, 2.05) is 0 Å². The highest BCUT2D eigenvalue weighted by atomic mass is 16.6. The molecule has 0 aliphatic heterocycles. The highest BCUT2D eigenvalue weighted by molar-refractivity contribution is 5.94. The van der Waals surface area contributed by atoms with Crippen LogP contribution in [0.2, 0.25) is 0 Å². The number of anilines is 4. The monoisotopic (exact) mass is 1310 g/mol. The number of esters is 8. The first kappa shape index (κ1) is 73.1. The maximum Gasteiger partial charge on any atom is 0.344 e. The molecule has 8 N–H and O–H groups in total. The third-order valence-electron chi connectivity index (χ3n) is 11.9. The first-order valence-electron chi connectivity index (χ1n) is 26.4. The van der Waals surface area contributed by atoms with E-state index in [0.29, 0.717) is 0 Å². The van der Waals surface area contributed by atoms with Gasteiger partial charge in [-0.1, -0.05) is 0 Å². The molecule has 496 valence electrons. The lowest BCUT2D eigenvalue weighted by Gasteiger charge is -2.31. The first-order valence-corrected chi connectivity index (χ1v) is 26.4. The van der Waals surface area contributed by atoms with Crippen LogP contribution in [-0.2, 0) is 95.4 Å². The van der Waals surface area contributed by atoms with Crippen LogP contribution in [0.1, 0.15) is 41.4 Å². The molecule has 0 heterocycles. The lowest BCUT2D eigenvalue weighted by molar-refractivity contribution is -0.175. The smallest absolute Gasteiger partial charge is 0.344 e. The van der Waals surface area contributed by atoms with Gasteiger partial charge in [0.25, 0.3) is 0 Å². The zero-order valence-corrected chi connectivity index (χ0v) is 48.2. The molecule has 0 aliphatic carbocycles. The summed E-state index contributed by atoms with van der Waals surface area (Å²) in [4.78, 5) is 200. The summed E-state index contributed by atoms with van der Waals surface area (Å²) in [6.45, 7) is -15.4. The van der Waals surface area contributed by atoms with Crippen LogP contribution < -0.4 is 19.6 Å². The van der Waals surface area contributed by atoms with E-state index in [9.17, 15) is 118 Å². The molecule has 4 rings (SSSR count). The quantitative estimate of drug-likeness (QED) is 0.0205. The number of aliphatic carboxylic acids is 8. The molecule has 0 aliphatic rings. The largest absolute Gasteiger partial charge is 0.480 e. The lowest BCUT2D eigenvalue weighted by atomic mass is 9.92. The summed E-state index contributed by atoms with van der Waals surface area (Å²) in [6, 6.07) is 18.2. The zero-order chi connectivity index (χ0) is 69.0. The molecule has 36 heteroatoms. The van der Waals surface area contributed by atoms with Crippen molar-refractivity contribution in [1.29, 1.82) is 0 Å². The molecule has 0 unspecified atom stereocenters. The van der Waals surface area contributed by atoms with Gasteiger partial charge in [0.05, 0.1) is 22.3 Å². The van der Waals surface area contributed by atoms with Crippen molar-refractivity contribution >= 4 is 118 Å². The summed E-state index contributed by atoms with van der Waals surface area (Å²) in [5.41, 5.74) is -3.09. The molecule has 0 bridgehead atoms. The average molecular weight is 1310 g/mol. The van der Waals surface area contributed by atoms with E-state index in [0.717, 1.165) is 68.1 Å². The van der Waals surface area contributed by atoms with Crippen LogP contribution >= 0.6 is 0 Å². The van der Waals surface area contributed by atoms with Crippen LogP contribution in [-0.4, -0.2) is 242 Å². The molecule has 0 spiro atoms. The molecule has 0 atom stereocenters. The summed E-state index contributed by atoms with van der Waals surface area (Å²) >= 11 is 0. The number of carboxylic acid groups (broad SMARTS) is 8. The van der Waals surface area contributed by atoms with Gasteiger partial charge in [0.1, 0.15) is 84.2 Å². The van der Waals surface area contributed by atoms with Gasteiger partial charge < -0.3 is 98.3 Å². The minimum Gasteiger partial charge on any atom is -0.480 e. The van der Waals surface area contributed by atoms with Crippen LogP contribution in [0.15, 0.2) is 97.1 Å². The van der Waals surface area contributed by atoms with Crippen molar-refractivity contribution in [2.45, 2.75) is 0 Å². The summed E-state index contributed by atoms with van der Waals surface area (Å²) < 4.78 is 41.4. The second-order valence-electron chi connectivity index (χ2n) is 19.2. The molecule has 36 nitrogen and oxygen atoms in total. The molecule has 0 fully saturated rings. The van der Waals surface area contributed by atoms with Crippen LogP contribution in [0.4, 0.5) is 22.7 Å². The summed E-state index contributed by atoms with van der Waals surface area (Å²) in [5.74, 6) is -21.4. The Morgan fingerprint density at radius 1 is 0.247 bits per heavy atom. The minimum atomic E-state index is -2.30. The second-order valence-corrected chi connectivity index (χ2v) is 19.2. The third-order valence-corrected chi connectivity index (χ3v) is 11.9. The van der Waals surface area contributed by atoms with E-state index in [1.165, 1.54) is 48.5 Å². The molecule has 4 aromatic rings. The maximum absolute atomic E-state index is 13.3. The normalized spacial score (nSPS) is 10.6. The van der Waals surface area contributed by atoms with Gasteiger partial charge in [0, 0.05) is 22.7 Å². The number of carbonyl (C=O) groups excluding carboxylic acids is 8. The van der Waals surface area contributed by atoms with Crippen molar-refractivity contribution < 1.29 is 155 Å². The molecule has 0 amide bonds. The average Bonchev–Trinajstić information content (AvgIpc) is 2.68. The van der Waals surface area contributed by atoms with E-state index in [1.54, 1.807) is 0 Å². The Kier molecular flexibility index (Phi) is 27.9.